The smallest absolute Gasteiger partial charge is 0.295 e. The lowest BCUT2D eigenvalue weighted by Crippen LogP contribution is -2.31. The first-order valence-electron chi connectivity index (χ1n) is 9.20. The minimum Gasteiger partial charge on any atom is -0.507 e. The van der Waals surface area contributed by atoms with E-state index in [2.05, 4.69) is 4.98 Å². The molecule has 2 heterocycles. The van der Waals surface area contributed by atoms with Crippen molar-refractivity contribution in [1.29, 1.82) is 0 Å². The van der Waals surface area contributed by atoms with Crippen molar-refractivity contribution in [3.8, 4) is 0 Å². The van der Waals surface area contributed by atoms with Crippen molar-refractivity contribution in [3.63, 3.8) is 0 Å². The second-order valence-electron chi connectivity index (χ2n) is 6.94. The molecule has 28 heavy (non-hydrogen) atoms. The zero-order valence-electron chi connectivity index (χ0n) is 16.3. The number of aliphatic hydroxyl groups excluding tert-OH is 1. The fraction of sp³-hybridized carbons (Fsp3) is 0.318. The van der Waals surface area contributed by atoms with Gasteiger partial charge in [0.1, 0.15) is 5.76 Å². The van der Waals surface area contributed by atoms with Crippen LogP contribution in [0.15, 0.2) is 48.3 Å². The maximum absolute atomic E-state index is 12.9. The molecule has 6 heteroatoms. The van der Waals surface area contributed by atoms with Gasteiger partial charge in [0, 0.05) is 38.2 Å². The molecule has 1 N–H and O–H groups in total. The van der Waals surface area contributed by atoms with Crippen molar-refractivity contribution in [2.45, 2.75) is 26.3 Å². The minimum atomic E-state index is -0.676. The van der Waals surface area contributed by atoms with E-state index in [0.717, 1.165) is 11.1 Å². The standard InChI is InChI=1S/C22H24N2O4/c1-14-7-8-15(2)17(12-14)20(25)18-19(16-6-4-9-23-13-16)24(10-5-11-28-3)22(27)21(18)26/h4,6-9,12-13,19,25H,5,10-11H2,1-3H3/t19-/m1/s1. The van der Waals surface area contributed by atoms with E-state index in [1.165, 1.54) is 4.90 Å². The SMILES string of the molecule is COCCCN1C(=O)C(=O)C(=C(O)c2cc(C)ccc2C)[C@H]1c1cccnc1. The monoisotopic (exact) mass is 380 g/mol. The van der Waals surface area contributed by atoms with Crippen molar-refractivity contribution in [1.82, 2.24) is 9.88 Å². The Morgan fingerprint density at radius 1 is 1.25 bits per heavy atom. The van der Waals surface area contributed by atoms with Crippen molar-refractivity contribution >= 4 is 17.4 Å². The summed E-state index contributed by atoms with van der Waals surface area (Å²) in [6, 6.07) is 8.53. The fourth-order valence-electron chi connectivity index (χ4n) is 3.51. The third-order valence-corrected chi connectivity index (χ3v) is 4.94. The first-order valence-corrected chi connectivity index (χ1v) is 9.20. The van der Waals surface area contributed by atoms with Crippen LogP contribution in [-0.2, 0) is 14.3 Å². The summed E-state index contributed by atoms with van der Waals surface area (Å²) in [5.74, 6) is -1.44. The average Bonchev–Trinajstić information content (AvgIpc) is 2.95. The molecule has 1 fully saturated rings. The molecule has 0 radical (unpaired) electrons. The number of hydrogen-bond donors (Lipinski definition) is 1. The van der Waals surface area contributed by atoms with E-state index in [1.54, 1.807) is 25.6 Å². The van der Waals surface area contributed by atoms with Crippen LogP contribution in [-0.4, -0.2) is 46.9 Å². The lowest BCUT2D eigenvalue weighted by atomic mass is 9.94. The second-order valence-corrected chi connectivity index (χ2v) is 6.94. The number of aryl methyl sites for hydroxylation is 2. The van der Waals surface area contributed by atoms with E-state index in [9.17, 15) is 14.7 Å². The molecule has 2 aromatic rings. The number of carbonyl (C=O) groups is 2. The Morgan fingerprint density at radius 2 is 2.04 bits per heavy atom. The molecule has 6 nitrogen and oxygen atoms in total. The number of rotatable bonds is 6. The molecule has 146 valence electrons. The number of methoxy groups -OCH3 is 1. The predicted molar refractivity (Wildman–Crippen MR) is 106 cm³/mol. The van der Waals surface area contributed by atoms with Gasteiger partial charge < -0.3 is 14.7 Å². The number of Topliss-reactive ketones (excluding diaryl/α,β-unsaturated/α-hetero) is 1. The van der Waals surface area contributed by atoms with Crippen LogP contribution in [0, 0.1) is 13.8 Å². The van der Waals surface area contributed by atoms with Gasteiger partial charge in [-0.2, -0.15) is 0 Å². The van der Waals surface area contributed by atoms with Crippen molar-refractivity contribution in [3.05, 3.63) is 70.6 Å². The number of hydrogen-bond acceptors (Lipinski definition) is 5. The number of ether oxygens (including phenoxy) is 1. The summed E-state index contributed by atoms with van der Waals surface area (Å²) in [4.78, 5) is 31.3. The molecule has 1 amide bonds. The van der Waals surface area contributed by atoms with Gasteiger partial charge in [-0.3, -0.25) is 14.6 Å². The maximum Gasteiger partial charge on any atom is 0.295 e. The lowest BCUT2D eigenvalue weighted by Gasteiger charge is -2.25. The summed E-state index contributed by atoms with van der Waals surface area (Å²) in [6.45, 7) is 4.60. The molecule has 1 aliphatic heterocycles. The number of pyridine rings is 1. The Morgan fingerprint density at radius 3 is 2.71 bits per heavy atom. The lowest BCUT2D eigenvalue weighted by molar-refractivity contribution is -0.140. The number of benzene rings is 1. The van der Waals surface area contributed by atoms with E-state index < -0.39 is 17.7 Å². The highest BCUT2D eigenvalue weighted by molar-refractivity contribution is 6.46. The topological polar surface area (TPSA) is 79.7 Å². The third kappa shape index (κ3) is 3.68. The Labute approximate surface area is 164 Å². The van der Waals surface area contributed by atoms with E-state index in [1.807, 2.05) is 38.1 Å². The number of likely N-dealkylation sites (tertiary alicyclic amines) is 1. The molecule has 0 spiro atoms. The van der Waals surface area contributed by atoms with Crippen LogP contribution in [0.25, 0.3) is 5.76 Å². The summed E-state index contributed by atoms with van der Waals surface area (Å²) >= 11 is 0. The molecule has 0 saturated carbocycles. The normalized spacial score (nSPS) is 18.7. The Kier molecular flexibility index (Phi) is 5.90. The highest BCUT2D eigenvalue weighted by Gasteiger charge is 2.46. The molecule has 0 aliphatic carbocycles. The largest absolute Gasteiger partial charge is 0.507 e. The van der Waals surface area contributed by atoms with Crippen molar-refractivity contribution < 1.29 is 19.4 Å². The number of carbonyl (C=O) groups excluding carboxylic acids is 2. The zero-order chi connectivity index (χ0) is 20.3. The highest BCUT2D eigenvalue weighted by Crippen LogP contribution is 2.39. The van der Waals surface area contributed by atoms with Crippen LogP contribution < -0.4 is 0 Å². The van der Waals surface area contributed by atoms with E-state index in [4.69, 9.17) is 4.74 Å². The van der Waals surface area contributed by atoms with Gasteiger partial charge in [-0.25, -0.2) is 0 Å². The van der Waals surface area contributed by atoms with Crippen LogP contribution >= 0.6 is 0 Å². The number of nitrogens with zero attached hydrogens (tertiary/aromatic N) is 2. The molecule has 1 aromatic heterocycles. The summed E-state index contributed by atoms with van der Waals surface area (Å²) < 4.78 is 5.08. The average molecular weight is 380 g/mol. The van der Waals surface area contributed by atoms with Gasteiger partial charge in [-0.1, -0.05) is 23.8 Å². The van der Waals surface area contributed by atoms with Crippen LogP contribution in [0.5, 0.6) is 0 Å². The summed E-state index contributed by atoms with van der Waals surface area (Å²) in [5, 5.41) is 11.1. The molecule has 1 aliphatic rings. The third-order valence-electron chi connectivity index (χ3n) is 4.94. The Hall–Kier alpha value is -2.99. The quantitative estimate of drug-likeness (QED) is 0.360. The van der Waals surface area contributed by atoms with Crippen molar-refractivity contribution in [2.75, 3.05) is 20.3 Å². The molecular weight excluding hydrogens is 356 g/mol. The number of aliphatic hydroxyl groups is 1. The van der Waals surface area contributed by atoms with Crippen molar-refractivity contribution in [2.24, 2.45) is 0 Å². The Balaban J connectivity index is 2.15. The summed E-state index contributed by atoms with van der Waals surface area (Å²) in [5.41, 5.74) is 3.14. The minimum absolute atomic E-state index is 0.101. The van der Waals surface area contributed by atoms with Crippen LogP contribution in [0.4, 0.5) is 0 Å². The summed E-state index contributed by atoms with van der Waals surface area (Å²) in [6.07, 6.45) is 3.84. The maximum atomic E-state index is 12.9. The number of aromatic nitrogens is 1. The molecule has 3 rings (SSSR count). The molecular formula is C22H24N2O4. The Bertz CT molecular complexity index is 921. The zero-order valence-corrected chi connectivity index (χ0v) is 16.3. The molecule has 1 atom stereocenters. The first kappa shape index (κ1) is 19.8. The highest BCUT2D eigenvalue weighted by atomic mass is 16.5. The van der Waals surface area contributed by atoms with Crippen LogP contribution in [0.3, 0.4) is 0 Å². The van der Waals surface area contributed by atoms with Crippen LogP contribution in [0.2, 0.25) is 0 Å². The number of amides is 1. The van der Waals surface area contributed by atoms with Crippen LogP contribution in [0.1, 0.15) is 34.7 Å². The predicted octanol–water partition coefficient (Wildman–Crippen LogP) is 3.16. The summed E-state index contributed by atoms with van der Waals surface area (Å²) in [7, 11) is 1.59. The molecule has 1 aromatic carbocycles. The van der Waals surface area contributed by atoms with E-state index in [-0.39, 0.29) is 11.3 Å². The van der Waals surface area contributed by atoms with Gasteiger partial charge in [-0.15, -0.1) is 0 Å². The number of ketones is 1. The van der Waals surface area contributed by atoms with Gasteiger partial charge in [0.05, 0.1) is 11.6 Å². The van der Waals surface area contributed by atoms with Gasteiger partial charge in [-0.05, 0) is 43.5 Å². The van der Waals surface area contributed by atoms with E-state index in [0.29, 0.717) is 30.7 Å². The first-order chi connectivity index (χ1) is 13.5. The molecule has 0 bridgehead atoms. The van der Waals surface area contributed by atoms with E-state index >= 15 is 0 Å². The van der Waals surface area contributed by atoms with Gasteiger partial charge >= 0.3 is 0 Å². The van der Waals surface area contributed by atoms with Gasteiger partial charge in [0.2, 0.25) is 0 Å². The fourth-order valence-corrected chi connectivity index (χ4v) is 3.51. The van der Waals surface area contributed by atoms with Gasteiger partial charge in [0.15, 0.2) is 0 Å². The molecule has 1 saturated heterocycles. The second kappa shape index (κ2) is 8.35. The van der Waals surface area contributed by atoms with Gasteiger partial charge in [0.25, 0.3) is 11.7 Å². The molecule has 0 unspecified atom stereocenters.